The molecule has 0 saturated carbocycles. The summed E-state index contributed by atoms with van der Waals surface area (Å²) in [5, 5.41) is 15.8. The van der Waals surface area contributed by atoms with Crippen LogP contribution >= 0.6 is 12.6 Å². The largest absolute Gasteiger partial charge is 0.427 e. The molecule has 0 radical (unpaired) electrons. The lowest BCUT2D eigenvalue weighted by Crippen LogP contribution is -2.14. The molecule has 9 heavy (non-hydrogen) atoms. The third-order valence-corrected chi connectivity index (χ3v) is 1.18. The van der Waals surface area contributed by atoms with Crippen molar-refractivity contribution in [1.29, 1.82) is 5.41 Å². The van der Waals surface area contributed by atoms with Crippen molar-refractivity contribution in [1.82, 2.24) is 4.73 Å². The number of hydrogen-bond acceptors (Lipinski definition) is 3. The van der Waals surface area contributed by atoms with Gasteiger partial charge < -0.3 is 5.21 Å². The molecule has 1 rings (SSSR count). The first-order chi connectivity index (χ1) is 4.20. The van der Waals surface area contributed by atoms with Crippen LogP contribution < -0.4 is 5.49 Å². The Balaban J connectivity index is 3.34. The van der Waals surface area contributed by atoms with Gasteiger partial charge in [-0.1, -0.05) is 0 Å². The SMILES string of the molecule is N=c1ccc(S)cn1O. The molecule has 1 aromatic heterocycles. The van der Waals surface area contributed by atoms with Gasteiger partial charge in [-0.15, -0.1) is 12.6 Å². The zero-order chi connectivity index (χ0) is 6.85. The highest BCUT2D eigenvalue weighted by atomic mass is 32.1. The Kier molecular flexibility index (Phi) is 1.48. The van der Waals surface area contributed by atoms with E-state index in [0.29, 0.717) is 9.63 Å². The quantitative estimate of drug-likeness (QED) is 0.358. The minimum Gasteiger partial charge on any atom is -0.427 e. The predicted octanol–water partition coefficient (Wildman–Crippen LogP) is 0.494. The maximum Gasteiger partial charge on any atom is 0.160 e. The van der Waals surface area contributed by atoms with Crippen LogP contribution in [0.3, 0.4) is 0 Å². The number of nitrogens with one attached hydrogen (secondary N) is 1. The summed E-state index contributed by atoms with van der Waals surface area (Å²) in [6.45, 7) is 0. The number of thiol groups is 1. The second kappa shape index (κ2) is 2.14. The summed E-state index contributed by atoms with van der Waals surface area (Å²) in [4.78, 5) is 0.633. The van der Waals surface area contributed by atoms with E-state index in [1.54, 1.807) is 6.07 Å². The molecule has 1 heterocycles. The maximum atomic E-state index is 8.78. The minimum absolute atomic E-state index is 0.0489. The molecule has 0 amide bonds. The van der Waals surface area contributed by atoms with Crippen molar-refractivity contribution < 1.29 is 5.21 Å². The van der Waals surface area contributed by atoms with Crippen LogP contribution in [0.5, 0.6) is 0 Å². The molecule has 2 N–H and O–H groups in total. The van der Waals surface area contributed by atoms with Gasteiger partial charge in [0.25, 0.3) is 0 Å². The van der Waals surface area contributed by atoms with E-state index in [2.05, 4.69) is 12.6 Å². The Morgan fingerprint density at radius 2 is 2.22 bits per heavy atom. The molecule has 4 heteroatoms. The van der Waals surface area contributed by atoms with E-state index in [1.165, 1.54) is 12.3 Å². The minimum atomic E-state index is 0.0489. The van der Waals surface area contributed by atoms with Crippen molar-refractivity contribution in [2.45, 2.75) is 4.90 Å². The fourth-order valence-corrected chi connectivity index (χ4v) is 0.662. The summed E-state index contributed by atoms with van der Waals surface area (Å²) in [6.07, 6.45) is 1.35. The maximum absolute atomic E-state index is 8.78. The normalized spacial score (nSPS) is 9.44. The van der Waals surface area contributed by atoms with Gasteiger partial charge in [-0.05, 0) is 12.1 Å². The van der Waals surface area contributed by atoms with Crippen molar-refractivity contribution in [2.75, 3.05) is 0 Å². The van der Waals surface area contributed by atoms with Crippen LogP contribution in [0.1, 0.15) is 0 Å². The third kappa shape index (κ3) is 1.26. The van der Waals surface area contributed by atoms with Crippen molar-refractivity contribution in [3.63, 3.8) is 0 Å². The first kappa shape index (κ1) is 6.22. The summed E-state index contributed by atoms with van der Waals surface area (Å²) >= 11 is 3.94. The molecule has 0 atom stereocenters. The lowest BCUT2D eigenvalue weighted by atomic mass is 10.5. The number of rotatable bonds is 0. The molecule has 0 bridgehead atoms. The second-order valence-electron chi connectivity index (χ2n) is 1.62. The Labute approximate surface area is 57.4 Å². The van der Waals surface area contributed by atoms with Gasteiger partial charge in [0.05, 0.1) is 6.20 Å². The van der Waals surface area contributed by atoms with E-state index in [0.717, 1.165) is 0 Å². The number of nitrogens with zero attached hydrogens (tertiary/aromatic N) is 1. The molecular weight excluding hydrogens is 136 g/mol. The first-order valence-electron chi connectivity index (χ1n) is 2.35. The number of aromatic nitrogens is 1. The number of hydrogen-bond donors (Lipinski definition) is 3. The molecule has 0 aliphatic heterocycles. The highest BCUT2D eigenvalue weighted by Crippen LogP contribution is 1.97. The highest BCUT2D eigenvalue weighted by molar-refractivity contribution is 7.80. The standard InChI is InChI=1S/C5H6N2OS/c6-5-2-1-4(9)3-7(5)8/h1-3,6,8-9H. The summed E-state index contributed by atoms with van der Waals surface area (Å²) in [6, 6.07) is 3.10. The van der Waals surface area contributed by atoms with Crippen LogP contribution in [-0.4, -0.2) is 9.94 Å². The van der Waals surface area contributed by atoms with Gasteiger partial charge in [-0.25, -0.2) is 0 Å². The Morgan fingerprint density at radius 3 is 2.67 bits per heavy atom. The zero-order valence-corrected chi connectivity index (χ0v) is 5.47. The van der Waals surface area contributed by atoms with Crippen molar-refractivity contribution >= 4 is 12.6 Å². The van der Waals surface area contributed by atoms with Crippen LogP contribution in [0.15, 0.2) is 23.2 Å². The van der Waals surface area contributed by atoms with Gasteiger partial charge in [-0.3, -0.25) is 5.41 Å². The monoisotopic (exact) mass is 142 g/mol. The molecular formula is C5H6N2OS. The molecule has 0 aromatic carbocycles. The molecule has 0 aliphatic carbocycles. The molecule has 3 nitrogen and oxygen atoms in total. The van der Waals surface area contributed by atoms with Gasteiger partial charge in [0.15, 0.2) is 5.49 Å². The molecule has 0 saturated heterocycles. The molecule has 48 valence electrons. The Bertz CT molecular complexity index is 268. The van der Waals surface area contributed by atoms with Gasteiger partial charge in [0.1, 0.15) is 0 Å². The van der Waals surface area contributed by atoms with Crippen LogP contribution in [0.4, 0.5) is 0 Å². The summed E-state index contributed by atoms with van der Waals surface area (Å²) < 4.78 is 0.711. The molecule has 0 unspecified atom stereocenters. The van der Waals surface area contributed by atoms with Gasteiger partial charge in [-0.2, -0.15) is 4.73 Å². The topological polar surface area (TPSA) is 49.0 Å². The van der Waals surface area contributed by atoms with E-state index >= 15 is 0 Å². The third-order valence-electron chi connectivity index (χ3n) is 0.913. The summed E-state index contributed by atoms with van der Waals surface area (Å²) in [7, 11) is 0. The lowest BCUT2D eigenvalue weighted by molar-refractivity contribution is 0.168. The number of pyridine rings is 1. The van der Waals surface area contributed by atoms with Crippen LogP contribution in [0, 0.1) is 5.41 Å². The second-order valence-corrected chi connectivity index (χ2v) is 2.13. The molecule has 0 fully saturated rings. The smallest absolute Gasteiger partial charge is 0.160 e. The van der Waals surface area contributed by atoms with Gasteiger partial charge in [0.2, 0.25) is 0 Å². The van der Waals surface area contributed by atoms with Gasteiger partial charge >= 0.3 is 0 Å². The fraction of sp³-hybridized carbons (Fsp3) is 0. The van der Waals surface area contributed by atoms with Crippen molar-refractivity contribution in [2.24, 2.45) is 0 Å². The molecule has 0 spiro atoms. The molecule has 1 aromatic rings. The Morgan fingerprint density at radius 1 is 1.56 bits per heavy atom. The van der Waals surface area contributed by atoms with E-state index in [9.17, 15) is 0 Å². The van der Waals surface area contributed by atoms with E-state index in [-0.39, 0.29) is 5.49 Å². The average Bonchev–Trinajstić information content (AvgIpc) is 1.80. The van der Waals surface area contributed by atoms with Crippen molar-refractivity contribution in [3.8, 4) is 0 Å². The van der Waals surface area contributed by atoms with Crippen LogP contribution in [-0.2, 0) is 0 Å². The zero-order valence-electron chi connectivity index (χ0n) is 4.57. The highest BCUT2D eigenvalue weighted by Gasteiger charge is 1.86. The van der Waals surface area contributed by atoms with E-state index in [4.69, 9.17) is 10.6 Å². The average molecular weight is 142 g/mol. The summed E-state index contributed by atoms with van der Waals surface area (Å²) in [5.41, 5.74) is 0.0489. The summed E-state index contributed by atoms with van der Waals surface area (Å²) in [5.74, 6) is 0. The van der Waals surface area contributed by atoms with E-state index < -0.39 is 0 Å². The fourth-order valence-electron chi connectivity index (χ4n) is 0.479. The van der Waals surface area contributed by atoms with Gasteiger partial charge in [0, 0.05) is 4.90 Å². The lowest BCUT2D eigenvalue weighted by Gasteiger charge is -1.95. The van der Waals surface area contributed by atoms with Crippen molar-refractivity contribution in [3.05, 3.63) is 23.8 Å². The van der Waals surface area contributed by atoms with Crippen LogP contribution in [0.2, 0.25) is 0 Å². The predicted molar refractivity (Wildman–Crippen MR) is 34.7 cm³/mol. The molecule has 0 aliphatic rings. The van der Waals surface area contributed by atoms with Crippen LogP contribution in [0.25, 0.3) is 0 Å². The first-order valence-corrected chi connectivity index (χ1v) is 2.80. The van der Waals surface area contributed by atoms with E-state index in [1.807, 2.05) is 0 Å². The Hall–Kier alpha value is -0.900.